The summed E-state index contributed by atoms with van der Waals surface area (Å²) in [6, 6.07) is 7.05. The summed E-state index contributed by atoms with van der Waals surface area (Å²) in [4.78, 5) is 24.2. The molecular formula is C23H29N3O5S. The van der Waals surface area contributed by atoms with E-state index < -0.39 is 0 Å². The molecule has 0 bridgehead atoms. The van der Waals surface area contributed by atoms with E-state index in [-0.39, 0.29) is 23.9 Å². The van der Waals surface area contributed by atoms with Gasteiger partial charge in [0.15, 0.2) is 0 Å². The molecule has 2 saturated carbocycles. The number of carbonyl (C=O) groups is 2. The van der Waals surface area contributed by atoms with Crippen LogP contribution in [0.5, 0.6) is 5.75 Å². The van der Waals surface area contributed by atoms with Crippen molar-refractivity contribution in [3.8, 4) is 5.75 Å². The van der Waals surface area contributed by atoms with Crippen LogP contribution in [0.25, 0.3) is 0 Å². The molecule has 1 amide bonds. The van der Waals surface area contributed by atoms with Gasteiger partial charge >= 0.3 is 5.97 Å². The number of methoxy groups -OCH3 is 1. The molecule has 2 fully saturated rings. The summed E-state index contributed by atoms with van der Waals surface area (Å²) in [6.45, 7) is 0.436. The number of aromatic nitrogens is 2. The van der Waals surface area contributed by atoms with Crippen molar-refractivity contribution in [3.63, 3.8) is 0 Å². The quantitative estimate of drug-likeness (QED) is 0.586. The van der Waals surface area contributed by atoms with Gasteiger partial charge in [0.05, 0.1) is 25.2 Å². The molecule has 1 aromatic heterocycles. The number of benzene rings is 1. The second-order valence-electron chi connectivity index (χ2n) is 8.31. The third-order valence-corrected chi connectivity index (χ3v) is 6.87. The minimum Gasteiger partial charge on any atom is -0.490 e. The third-order valence-electron chi connectivity index (χ3n) is 6.06. The average molecular weight is 460 g/mol. The van der Waals surface area contributed by atoms with Crippen molar-refractivity contribution in [2.75, 3.05) is 12.4 Å². The molecule has 0 spiro atoms. The highest BCUT2D eigenvalue weighted by molar-refractivity contribution is 7.15. The van der Waals surface area contributed by atoms with Crippen molar-refractivity contribution in [2.24, 2.45) is 5.92 Å². The van der Waals surface area contributed by atoms with E-state index in [0.717, 1.165) is 43.5 Å². The summed E-state index contributed by atoms with van der Waals surface area (Å²) < 4.78 is 16.7. The van der Waals surface area contributed by atoms with Crippen molar-refractivity contribution in [3.05, 3.63) is 34.8 Å². The second kappa shape index (κ2) is 10.9. The molecule has 0 saturated heterocycles. The number of hydrogen-bond acceptors (Lipinski definition) is 8. The smallest absolute Gasteiger partial charge is 0.308 e. The monoisotopic (exact) mass is 459 g/mol. The molecule has 4 rings (SSSR count). The fourth-order valence-electron chi connectivity index (χ4n) is 4.24. The first-order chi connectivity index (χ1) is 15.6. The third kappa shape index (κ3) is 6.04. The zero-order valence-corrected chi connectivity index (χ0v) is 19.1. The van der Waals surface area contributed by atoms with E-state index in [4.69, 9.17) is 14.2 Å². The first-order valence-electron chi connectivity index (χ1n) is 11.2. The Morgan fingerprint density at radius 1 is 1.00 bits per heavy atom. The number of hydrogen-bond donors (Lipinski definition) is 1. The highest BCUT2D eigenvalue weighted by Gasteiger charge is 2.27. The number of nitrogens with zero attached hydrogens (tertiary/aromatic N) is 2. The lowest BCUT2D eigenvalue weighted by molar-refractivity contribution is -0.147. The zero-order valence-electron chi connectivity index (χ0n) is 18.2. The Morgan fingerprint density at radius 2 is 1.72 bits per heavy atom. The van der Waals surface area contributed by atoms with Crippen molar-refractivity contribution in [1.29, 1.82) is 0 Å². The average Bonchev–Trinajstić information content (AvgIpc) is 3.50. The van der Waals surface area contributed by atoms with E-state index in [1.54, 1.807) is 24.3 Å². The molecule has 1 aromatic carbocycles. The van der Waals surface area contributed by atoms with Gasteiger partial charge in [-0.05, 0) is 62.8 Å². The maximum Gasteiger partial charge on any atom is 0.308 e. The molecule has 2 aliphatic carbocycles. The van der Waals surface area contributed by atoms with Crippen LogP contribution in [0.1, 0.15) is 66.7 Å². The lowest BCUT2D eigenvalue weighted by Crippen LogP contribution is -2.28. The zero-order chi connectivity index (χ0) is 22.3. The van der Waals surface area contributed by atoms with Gasteiger partial charge in [-0.3, -0.25) is 14.9 Å². The van der Waals surface area contributed by atoms with Gasteiger partial charge in [0.2, 0.25) is 5.13 Å². The molecule has 8 nitrogen and oxygen atoms in total. The summed E-state index contributed by atoms with van der Waals surface area (Å²) in [5.74, 6) is 0.309. The predicted molar refractivity (Wildman–Crippen MR) is 120 cm³/mol. The first-order valence-corrected chi connectivity index (χ1v) is 12.0. The molecule has 0 radical (unpaired) electrons. The second-order valence-corrected chi connectivity index (χ2v) is 9.37. The Labute approximate surface area is 191 Å². The molecule has 172 valence electrons. The molecule has 2 aromatic rings. The predicted octanol–water partition coefficient (Wildman–Crippen LogP) is 4.36. The number of ether oxygens (including phenoxy) is 3. The van der Waals surface area contributed by atoms with Crippen LogP contribution < -0.4 is 10.1 Å². The maximum absolute atomic E-state index is 12.5. The van der Waals surface area contributed by atoms with Crippen molar-refractivity contribution in [1.82, 2.24) is 10.2 Å². The van der Waals surface area contributed by atoms with Crippen molar-refractivity contribution < 1.29 is 23.8 Å². The summed E-state index contributed by atoms with van der Waals surface area (Å²) >= 11 is 1.33. The van der Waals surface area contributed by atoms with Gasteiger partial charge in [0.25, 0.3) is 5.91 Å². The number of esters is 1. The Morgan fingerprint density at radius 3 is 2.41 bits per heavy atom. The molecule has 0 aliphatic heterocycles. The number of amides is 1. The van der Waals surface area contributed by atoms with Gasteiger partial charge < -0.3 is 14.2 Å². The molecule has 9 heteroatoms. The summed E-state index contributed by atoms with van der Waals surface area (Å²) in [6.07, 6.45) is 8.22. The Kier molecular flexibility index (Phi) is 7.70. The van der Waals surface area contributed by atoms with E-state index in [9.17, 15) is 9.59 Å². The van der Waals surface area contributed by atoms with Gasteiger partial charge in [-0.25, -0.2) is 0 Å². The Balaban J connectivity index is 1.23. The molecule has 2 aliphatic rings. The van der Waals surface area contributed by atoms with Crippen LogP contribution in [-0.4, -0.2) is 41.4 Å². The number of nitrogens with one attached hydrogen (secondary N) is 1. The van der Waals surface area contributed by atoms with Crippen molar-refractivity contribution in [2.45, 2.75) is 70.2 Å². The molecule has 32 heavy (non-hydrogen) atoms. The lowest BCUT2D eigenvalue weighted by atomic mass is 9.87. The van der Waals surface area contributed by atoms with Crippen LogP contribution in [0.4, 0.5) is 5.13 Å². The highest BCUT2D eigenvalue weighted by Crippen LogP contribution is 2.29. The number of rotatable bonds is 8. The van der Waals surface area contributed by atoms with E-state index in [1.807, 2.05) is 0 Å². The normalized spacial score (nSPS) is 21.3. The van der Waals surface area contributed by atoms with Crippen molar-refractivity contribution >= 4 is 28.3 Å². The minimum atomic E-state index is -0.241. The maximum atomic E-state index is 12.5. The fraction of sp³-hybridized carbons (Fsp3) is 0.565. The van der Waals surface area contributed by atoms with E-state index >= 15 is 0 Å². The van der Waals surface area contributed by atoms with Gasteiger partial charge in [0.1, 0.15) is 17.4 Å². The van der Waals surface area contributed by atoms with E-state index in [2.05, 4.69) is 15.5 Å². The summed E-state index contributed by atoms with van der Waals surface area (Å²) in [7, 11) is 1.43. The van der Waals surface area contributed by atoms with E-state index in [1.165, 1.54) is 31.3 Å². The molecule has 0 unspecified atom stereocenters. The van der Waals surface area contributed by atoms with Crippen LogP contribution >= 0.6 is 11.3 Å². The number of carbonyl (C=O) groups excluding carboxylic acids is 2. The van der Waals surface area contributed by atoms with Gasteiger partial charge in [-0.15, -0.1) is 10.2 Å². The Hall–Kier alpha value is -2.52. The van der Waals surface area contributed by atoms with Crippen LogP contribution in [0.15, 0.2) is 24.3 Å². The summed E-state index contributed by atoms with van der Waals surface area (Å²) in [5, 5.41) is 12.2. The van der Waals surface area contributed by atoms with Gasteiger partial charge in [0, 0.05) is 5.56 Å². The lowest BCUT2D eigenvalue weighted by Gasteiger charge is -2.27. The van der Waals surface area contributed by atoms with Crippen LogP contribution in [-0.2, 0) is 20.9 Å². The Bertz CT molecular complexity index is 903. The number of anilines is 1. The molecule has 1 heterocycles. The van der Waals surface area contributed by atoms with E-state index in [0.29, 0.717) is 29.2 Å². The largest absolute Gasteiger partial charge is 0.490 e. The minimum absolute atomic E-state index is 0.0268. The molecule has 1 N–H and O–H groups in total. The van der Waals surface area contributed by atoms with Gasteiger partial charge in [-0.2, -0.15) is 0 Å². The standard InChI is InChI=1S/C23H29N3O5S/c1-29-22(28)16-8-12-19(13-9-16)31-18-10-6-15(7-11-18)21(27)24-23-26-25-20(32-23)14-30-17-4-2-3-5-17/h6-7,10-11,16-17,19H,2-5,8-9,12-14H2,1H3,(H,24,26,27). The SMILES string of the molecule is COC(=O)C1CCC(Oc2ccc(C(=O)Nc3nnc(COC4CCCC4)s3)cc2)CC1. The molecule has 0 atom stereocenters. The molecular weight excluding hydrogens is 430 g/mol. The van der Waals surface area contributed by atoms with Gasteiger partial charge in [-0.1, -0.05) is 24.2 Å². The first kappa shape index (κ1) is 22.7. The topological polar surface area (TPSA) is 99.6 Å². The van der Waals surface area contributed by atoms with Crippen LogP contribution in [0.3, 0.4) is 0 Å². The summed E-state index contributed by atoms with van der Waals surface area (Å²) in [5.41, 5.74) is 0.519. The van der Waals surface area contributed by atoms with Crippen LogP contribution in [0, 0.1) is 5.92 Å². The highest BCUT2D eigenvalue weighted by atomic mass is 32.1. The fourth-order valence-corrected chi connectivity index (χ4v) is 4.89. The van der Waals surface area contributed by atoms with Crippen LogP contribution in [0.2, 0.25) is 0 Å².